The van der Waals surface area contributed by atoms with Crippen molar-refractivity contribution in [3.8, 4) is 11.4 Å². The lowest BCUT2D eigenvalue weighted by atomic mass is 10.1. The summed E-state index contributed by atoms with van der Waals surface area (Å²) < 4.78 is 14.5. The summed E-state index contributed by atoms with van der Waals surface area (Å²) in [6.45, 7) is 2.74. The molecule has 1 N–H and O–H groups in total. The molecule has 1 fully saturated rings. The monoisotopic (exact) mass is 323 g/mol. The Bertz CT molecular complexity index is 818. The third-order valence-electron chi connectivity index (χ3n) is 4.83. The Morgan fingerprint density at radius 1 is 0.958 bits per heavy atom. The maximum atomic E-state index is 14.5. The van der Waals surface area contributed by atoms with Crippen molar-refractivity contribution in [2.75, 3.05) is 13.1 Å². The molecule has 3 nitrogen and oxygen atoms in total. The van der Waals surface area contributed by atoms with Crippen molar-refractivity contribution in [1.29, 1.82) is 0 Å². The minimum absolute atomic E-state index is 0.155. The first kappa shape index (κ1) is 15.3. The number of aromatic nitrogens is 2. The third-order valence-corrected chi connectivity index (χ3v) is 4.83. The number of fused-ring (bicyclic) bond motifs is 1. The summed E-state index contributed by atoms with van der Waals surface area (Å²) in [4.78, 5) is 10.4. The van der Waals surface area contributed by atoms with Crippen LogP contribution in [-0.4, -0.2) is 28.0 Å². The molecule has 1 saturated heterocycles. The van der Waals surface area contributed by atoms with Crippen LogP contribution in [0.4, 0.5) is 4.39 Å². The zero-order valence-corrected chi connectivity index (χ0v) is 13.8. The molecule has 0 atom stereocenters. The highest BCUT2D eigenvalue weighted by atomic mass is 19.1. The molecule has 24 heavy (non-hydrogen) atoms. The largest absolute Gasteiger partial charge is 0.338 e. The fourth-order valence-corrected chi connectivity index (χ4v) is 3.51. The minimum Gasteiger partial charge on any atom is -0.338 e. The standard InChI is InChI=1S/C20H22FN3/c21-17-10-11-18-19(16(17)14-24-12-6-1-2-7-13-24)23-20(22-18)15-8-4-3-5-9-15/h3-5,8-11H,1-2,6-7,12-14H2,(H,22,23). The number of likely N-dealkylation sites (tertiary alicyclic amines) is 1. The number of hydrogen-bond acceptors (Lipinski definition) is 2. The lowest BCUT2D eigenvalue weighted by molar-refractivity contribution is 0.274. The third kappa shape index (κ3) is 3.06. The molecule has 3 aromatic rings. The van der Waals surface area contributed by atoms with E-state index in [1.54, 1.807) is 12.1 Å². The van der Waals surface area contributed by atoms with Crippen LogP contribution >= 0.6 is 0 Å². The smallest absolute Gasteiger partial charge is 0.138 e. The van der Waals surface area contributed by atoms with Crippen LogP contribution in [0.5, 0.6) is 0 Å². The molecule has 4 rings (SSSR count). The Morgan fingerprint density at radius 3 is 2.46 bits per heavy atom. The van der Waals surface area contributed by atoms with Crippen LogP contribution in [0, 0.1) is 5.82 Å². The van der Waals surface area contributed by atoms with Crippen molar-refractivity contribution in [2.24, 2.45) is 0 Å². The summed E-state index contributed by atoms with van der Waals surface area (Å²) in [5.74, 6) is 0.645. The number of nitrogens with zero attached hydrogens (tertiary/aromatic N) is 2. The molecule has 0 bridgehead atoms. The molecule has 2 aromatic carbocycles. The molecular formula is C20H22FN3. The van der Waals surface area contributed by atoms with Crippen LogP contribution in [-0.2, 0) is 6.54 Å². The molecule has 0 radical (unpaired) electrons. The van der Waals surface area contributed by atoms with Gasteiger partial charge in [-0.2, -0.15) is 0 Å². The number of aromatic amines is 1. The molecule has 0 spiro atoms. The first-order chi connectivity index (χ1) is 11.8. The van der Waals surface area contributed by atoms with E-state index in [0.29, 0.717) is 12.1 Å². The molecule has 0 aliphatic carbocycles. The van der Waals surface area contributed by atoms with Gasteiger partial charge in [0, 0.05) is 17.7 Å². The number of hydrogen-bond donors (Lipinski definition) is 1. The molecule has 1 aromatic heterocycles. The predicted molar refractivity (Wildman–Crippen MR) is 95.2 cm³/mol. The highest BCUT2D eigenvalue weighted by Crippen LogP contribution is 2.26. The van der Waals surface area contributed by atoms with Gasteiger partial charge in [-0.1, -0.05) is 43.2 Å². The van der Waals surface area contributed by atoms with Gasteiger partial charge in [-0.05, 0) is 38.1 Å². The van der Waals surface area contributed by atoms with Crippen LogP contribution in [0.25, 0.3) is 22.4 Å². The van der Waals surface area contributed by atoms with Gasteiger partial charge in [0.1, 0.15) is 11.6 Å². The number of nitrogens with one attached hydrogen (secondary N) is 1. The molecule has 0 saturated carbocycles. The van der Waals surface area contributed by atoms with Crippen molar-refractivity contribution in [1.82, 2.24) is 14.9 Å². The molecule has 1 aliphatic rings. The van der Waals surface area contributed by atoms with Crippen molar-refractivity contribution in [2.45, 2.75) is 32.2 Å². The molecule has 0 unspecified atom stereocenters. The van der Waals surface area contributed by atoms with Gasteiger partial charge < -0.3 is 4.98 Å². The Morgan fingerprint density at radius 2 is 1.71 bits per heavy atom. The second kappa shape index (κ2) is 6.73. The number of imidazole rings is 1. The van der Waals surface area contributed by atoms with E-state index in [1.165, 1.54) is 25.7 Å². The fraction of sp³-hybridized carbons (Fsp3) is 0.350. The first-order valence-corrected chi connectivity index (χ1v) is 8.76. The second-order valence-electron chi connectivity index (χ2n) is 6.56. The van der Waals surface area contributed by atoms with Gasteiger partial charge in [-0.15, -0.1) is 0 Å². The molecule has 124 valence electrons. The van der Waals surface area contributed by atoms with E-state index in [2.05, 4.69) is 9.88 Å². The maximum Gasteiger partial charge on any atom is 0.138 e. The topological polar surface area (TPSA) is 31.9 Å². The normalized spacial score (nSPS) is 16.4. The summed E-state index contributed by atoms with van der Waals surface area (Å²) in [6.07, 6.45) is 4.97. The number of H-pyrrole nitrogens is 1. The highest BCUT2D eigenvalue weighted by Gasteiger charge is 2.17. The van der Waals surface area contributed by atoms with Crippen LogP contribution < -0.4 is 0 Å². The molecule has 2 heterocycles. The second-order valence-corrected chi connectivity index (χ2v) is 6.56. The van der Waals surface area contributed by atoms with E-state index in [-0.39, 0.29) is 5.82 Å². The van der Waals surface area contributed by atoms with Gasteiger partial charge in [0.05, 0.1) is 11.0 Å². The Kier molecular flexibility index (Phi) is 4.30. The van der Waals surface area contributed by atoms with E-state index >= 15 is 0 Å². The van der Waals surface area contributed by atoms with Gasteiger partial charge in [0.15, 0.2) is 0 Å². The average molecular weight is 323 g/mol. The minimum atomic E-state index is -0.155. The van der Waals surface area contributed by atoms with E-state index in [9.17, 15) is 4.39 Å². The molecular weight excluding hydrogens is 301 g/mol. The van der Waals surface area contributed by atoms with Crippen molar-refractivity contribution in [3.05, 3.63) is 53.8 Å². The lowest BCUT2D eigenvalue weighted by Crippen LogP contribution is -2.24. The van der Waals surface area contributed by atoms with Gasteiger partial charge in [-0.3, -0.25) is 4.90 Å². The zero-order chi connectivity index (χ0) is 16.4. The summed E-state index contributed by atoms with van der Waals surface area (Å²) in [7, 11) is 0. The van der Waals surface area contributed by atoms with Crippen molar-refractivity contribution in [3.63, 3.8) is 0 Å². The number of halogens is 1. The zero-order valence-electron chi connectivity index (χ0n) is 13.8. The van der Waals surface area contributed by atoms with Gasteiger partial charge in [0.2, 0.25) is 0 Å². The maximum absolute atomic E-state index is 14.5. The fourth-order valence-electron chi connectivity index (χ4n) is 3.51. The molecule has 4 heteroatoms. The first-order valence-electron chi connectivity index (χ1n) is 8.76. The van der Waals surface area contributed by atoms with E-state index in [4.69, 9.17) is 4.98 Å². The van der Waals surface area contributed by atoms with E-state index in [1.807, 2.05) is 30.3 Å². The quantitative estimate of drug-likeness (QED) is 0.754. The summed E-state index contributed by atoms with van der Waals surface area (Å²) in [6, 6.07) is 13.3. The van der Waals surface area contributed by atoms with Crippen molar-refractivity contribution < 1.29 is 4.39 Å². The molecule has 1 aliphatic heterocycles. The van der Waals surface area contributed by atoms with Crippen LogP contribution in [0.3, 0.4) is 0 Å². The van der Waals surface area contributed by atoms with Gasteiger partial charge >= 0.3 is 0 Å². The highest BCUT2D eigenvalue weighted by molar-refractivity contribution is 5.82. The predicted octanol–water partition coefficient (Wildman–Crippen LogP) is 4.75. The van der Waals surface area contributed by atoms with E-state index in [0.717, 1.165) is 35.5 Å². The summed E-state index contributed by atoms with van der Waals surface area (Å²) in [5.41, 5.74) is 3.40. The van der Waals surface area contributed by atoms with Crippen molar-refractivity contribution >= 4 is 11.0 Å². The summed E-state index contributed by atoms with van der Waals surface area (Å²) >= 11 is 0. The van der Waals surface area contributed by atoms with Crippen LogP contribution in [0.1, 0.15) is 31.2 Å². The van der Waals surface area contributed by atoms with Crippen LogP contribution in [0.15, 0.2) is 42.5 Å². The Labute approximate surface area is 141 Å². The van der Waals surface area contributed by atoms with Gasteiger partial charge in [-0.25, -0.2) is 9.37 Å². The SMILES string of the molecule is Fc1ccc2[nH]c(-c3ccccc3)nc2c1CN1CCCCCC1. The number of benzene rings is 2. The van der Waals surface area contributed by atoms with E-state index < -0.39 is 0 Å². The number of rotatable bonds is 3. The Hall–Kier alpha value is -2.20. The van der Waals surface area contributed by atoms with Crippen LogP contribution in [0.2, 0.25) is 0 Å². The lowest BCUT2D eigenvalue weighted by Gasteiger charge is -2.20. The van der Waals surface area contributed by atoms with Gasteiger partial charge in [0.25, 0.3) is 0 Å². The molecule has 0 amide bonds. The average Bonchev–Trinajstić information content (AvgIpc) is 2.88. The summed E-state index contributed by atoms with van der Waals surface area (Å²) in [5, 5.41) is 0. The Balaban J connectivity index is 1.71.